The summed E-state index contributed by atoms with van der Waals surface area (Å²) >= 11 is 0. The van der Waals surface area contributed by atoms with E-state index in [9.17, 15) is 5.26 Å². The fourth-order valence-electron chi connectivity index (χ4n) is 3.74. The highest BCUT2D eigenvalue weighted by atomic mass is 16.5. The van der Waals surface area contributed by atoms with Gasteiger partial charge in [-0.25, -0.2) is 4.98 Å². The van der Waals surface area contributed by atoms with Crippen LogP contribution in [-0.2, 0) is 6.54 Å². The maximum atomic E-state index is 9.81. The molecule has 2 aromatic heterocycles. The van der Waals surface area contributed by atoms with Crippen molar-refractivity contribution in [2.24, 2.45) is 0 Å². The Morgan fingerprint density at radius 2 is 1.77 bits per heavy atom. The van der Waals surface area contributed by atoms with Gasteiger partial charge in [-0.1, -0.05) is 48.5 Å². The summed E-state index contributed by atoms with van der Waals surface area (Å²) in [5.41, 5.74) is 4.34. The van der Waals surface area contributed by atoms with E-state index in [0.717, 1.165) is 33.2 Å². The lowest BCUT2D eigenvalue weighted by atomic mass is 10.1. The zero-order valence-corrected chi connectivity index (χ0v) is 16.8. The SMILES string of the molecule is N#C/C(=C/c1cn(CCOc2ccccc2)c2ccccc12)c1nc2ccccc2[nH]1. The first-order chi connectivity index (χ1) is 15.3. The number of nitrogens with one attached hydrogen (secondary N) is 1. The van der Waals surface area contributed by atoms with E-state index in [1.54, 1.807) is 0 Å². The molecule has 0 aliphatic carbocycles. The topological polar surface area (TPSA) is 66.6 Å². The number of fused-ring (bicyclic) bond motifs is 2. The number of para-hydroxylation sites is 4. The van der Waals surface area contributed by atoms with Crippen LogP contribution in [-0.4, -0.2) is 21.1 Å². The van der Waals surface area contributed by atoms with E-state index in [1.807, 2.05) is 72.8 Å². The standard InChI is InChI=1S/C26H20N4O/c27-17-19(26-28-23-11-5-6-12-24(23)29-26)16-20-18-30(25-13-7-4-10-22(20)25)14-15-31-21-8-2-1-3-9-21/h1-13,16,18H,14-15H2,(H,28,29)/b19-16-. The van der Waals surface area contributed by atoms with Crippen molar-refractivity contribution in [1.82, 2.24) is 14.5 Å². The number of hydrogen-bond donors (Lipinski definition) is 1. The van der Waals surface area contributed by atoms with Crippen LogP contribution < -0.4 is 4.74 Å². The van der Waals surface area contributed by atoms with Crippen molar-refractivity contribution in [2.75, 3.05) is 6.61 Å². The third kappa shape index (κ3) is 3.79. The van der Waals surface area contributed by atoms with E-state index in [0.29, 0.717) is 24.5 Å². The molecule has 0 fully saturated rings. The zero-order valence-electron chi connectivity index (χ0n) is 16.8. The number of allylic oxidation sites excluding steroid dienone is 1. The van der Waals surface area contributed by atoms with Crippen molar-refractivity contribution in [2.45, 2.75) is 6.54 Å². The zero-order chi connectivity index (χ0) is 21.0. The number of benzene rings is 3. The Kier molecular flexibility index (Phi) is 4.96. The summed E-state index contributed by atoms with van der Waals surface area (Å²) in [6, 6.07) is 28.1. The predicted octanol–water partition coefficient (Wildman–Crippen LogP) is 5.66. The molecule has 5 heteroatoms. The second-order valence-electron chi connectivity index (χ2n) is 7.23. The molecule has 5 nitrogen and oxygen atoms in total. The lowest BCUT2D eigenvalue weighted by molar-refractivity contribution is 0.300. The summed E-state index contributed by atoms with van der Waals surface area (Å²) in [4.78, 5) is 7.82. The van der Waals surface area contributed by atoms with Crippen LogP contribution in [0.4, 0.5) is 0 Å². The van der Waals surface area contributed by atoms with Crippen molar-refractivity contribution in [1.29, 1.82) is 5.26 Å². The van der Waals surface area contributed by atoms with Crippen LogP contribution in [0.3, 0.4) is 0 Å². The first kappa shape index (κ1) is 18.7. The van der Waals surface area contributed by atoms with Gasteiger partial charge in [-0.05, 0) is 36.4 Å². The Labute approximate surface area is 179 Å². The van der Waals surface area contributed by atoms with Crippen LogP contribution in [0.2, 0.25) is 0 Å². The average molecular weight is 404 g/mol. The number of nitrogens with zero attached hydrogens (tertiary/aromatic N) is 3. The van der Waals surface area contributed by atoms with Crippen LogP contribution in [0.5, 0.6) is 5.75 Å². The van der Waals surface area contributed by atoms with Crippen LogP contribution in [0, 0.1) is 11.3 Å². The van der Waals surface area contributed by atoms with E-state index in [2.05, 4.69) is 38.9 Å². The molecule has 0 radical (unpaired) electrons. The highest BCUT2D eigenvalue weighted by Crippen LogP contribution is 2.26. The van der Waals surface area contributed by atoms with Gasteiger partial charge < -0.3 is 14.3 Å². The van der Waals surface area contributed by atoms with Gasteiger partial charge in [-0.3, -0.25) is 0 Å². The van der Waals surface area contributed by atoms with E-state index in [1.165, 1.54) is 0 Å². The molecule has 0 spiro atoms. The summed E-state index contributed by atoms with van der Waals surface area (Å²) in [5, 5.41) is 10.9. The van der Waals surface area contributed by atoms with E-state index in [-0.39, 0.29) is 0 Å². The Balaban J connectivity index is 1.47. The smallest absolute Gasteiger partial charge is 0.149 e. The average Bonchev–Trinajstić information content (AvgIpc) is 3.40. The summed E-state index contributed by atoms with van der Waals surface area (Å²) in [7, 11) is 0. The number of hydrogen-bond acceptors (Lipinski definition) is 3. The molecule has 31 heavy (non-hydrogen) atoms. The fourth-order valence-corrected chi connectivity index (χ4v) is 3.74. The van der Waals surface area contributed by atoms with E-state index in [4.69, 9.17) is 4.74 Å². The second kappa shape index (κ2) is 8.21. The molecule has 5 rings (SSSR count). The Hall–Kier alpha value is -4.30. The molecular formula is C26H20N4O. The van der Waals surface area contributed by atoms with Gasteiger partial charge in [-0.15, -0.1) is 0 Å². The quantitative estimate of drug-likeness (QED) is 0.371. The van der Waals surface area contributed by atoms with E-state index < -0.39 is 0 Å². The normalized spacial score (nSPS) is 11.6. The molecule has 1 N–H and O–H groups in total. The second-order valence-corrected chi connectivity index (χ2v) is 7.23. The Bertz CT molecular complexity index is 1390. The molecule has 0 aliphatic heterocycles. The third-order valence-electron chi connectivity index (χ3n) is 5.23. The van der Waals surface area contributed by atoms with Crippen molar-refractivity contribution < 1.29 is 4.74 Å². The van der Waals surface area contributed by atoms with Crippen molar-refractivity contribution in [3.63, 3.8) is 0 Å². The molecule has 0 amide bonds. The third-order valence-corrected chi connectivity index (χ3v) is 5.23. The molecule has 2 heterocycles. The van der Waals surface area contributed by atoms with Gasteiger partial charge >= 0.3 is 0 Å². The largest absolute Gasteiger partial charge is 0.492 e. The number of H-pyrrole nitrogens is 1. The van der Waals surface area contributed by atoms with Gasteiger partial charge in [-0.2, -0.15) is 5.26 Å². The molecule has 3 aromatic carbocycles. The summed E-state index contributed by atoms with van der Waals surface area (Å²) < 4.78 is 8.03. The minimum Gasteiger partial charge on any atom is -0.492 e. The van der Waals surface area contributed by atoms with Gasteiger partial charge in [0, 0.05) is 22.7 Å². The molecule has 0 atom stereocenters. The van der Waals surface area contributed by atoms with Crippen LogP contribution in [0.15, 0.2) is 85.1 Å². The number of rotatable bonds is 6. The van der Waals surface area contributed by atoms with Crippen LogP contribution in [0.25, 0.3) is 33.6 Å². The number of ether oxygens (including phenoxy) is 1. The number of imidazole rings is 1. The molecular weight excluding hydrogens is 384 g/mol. The van der Waals surface area contributed by atoms with Gasteiger partial charge in [0.25, 0.3) is 0 Å². The highest BCUT2D eigenvalue weighted by molar-refractivity contribution is 5.98. The first-order valence-electron chi connectivity index (χ1n) is 10.1. The van der Waals surface area contributed by atoms with Gasteiger partial charge in [0.05, 0.1) is 23.2 Å². The van der Waals surface area contributed by atoms with Crippen LogP contribution in [0.1, 0.15) is 11.4 Å². The molecule has 0 bridgehead atoms. The maximum absolute atomic E-state index is 9.81. The molecule has 150 valence electrons. The number of aromatic nitrogens is 3. The lowest BCUT2D eigenvalue weighted by Crippen LogP contribution is -2.07. The number of aromatic amines is 1. The minimum atomic E-state index is 0.500. The monoisotopic (exact) mass is 404 g/mol. The molecule has 5 aromatic rings. The number of nitriles is 1. The van der Waals surface area contributed by atoms with Crippen molar-refractivity contribution in [3.05, 3.63) is 96.4 Å². The molecule has 0 saturated heterocycles. The summed E-state index contributed by atoms with van der Waals surface area (Å²) in [6.07, 6.45) is 3.97. The molecule has 0 saturated carbocycles. The Morgan fingerprint density at radius 1 is 1.00 bits per heavy atom. The fraction of sp³-hybridized carbons (Fsp3) is 0.0769. The van der Waals surface area contributed by atoms with Gasteiger partial charge in [0.1, 0.15) is 24.3 Å². The highest BCUT2D eigenvalue weighted by Gasteiger charge is 2.11. The minimum absolute atomic E-state index is 0.500. The summed E-state index contributed by atoms with van der Waals surface area (Å²) in [6.45, 7) is 1.26. The molecule has 0 unspecified atom stereocenters. The first-order valence-corrected chi connectivity index (χ1v) is 10.1. The van der Waals surface area contributed by atoms with Gasteiger partial charge in [0.15, 0.2) is 0 Å². The predicted molar refractivity (Wildman–Crippen MR) is 123 cm³/mol. The van der Waals surface area contributed by atoms with E-state index >= 15 is 0 Å². The van der Waals surface area contributed by atoms with Crippen LogP contribution >= 0.6 is 0 Å². The Morgan fingerprint density at radius 3 is 2.61 bits per heavy atom. The van der Waals surface area contributed by atoms with Crippen molar-refractivity contribution in [3.8, 4) is 11.8 Å². The molecule has 0 aliphatic rings. The maximum Gasteiger partial charge on any atom is 0.149 e. The lowest BCUT2D eigenvalue weighted by Gasteiger charge is -2.08. The van der Waals surface area contributed by atoms with Gasteiger partial charge in [0.2, 0.25) is 0 Å². The van der Waals surface area contributed by atoms with Crippen molar-refractivity contribution >= 4 is 33.6 Å². The summed E-state index contributed by atoms with van der Waals surface area (Å²) in [5.74, 6) is 1.43.